The van der Waals surface area contributed by atoms with Gasteiger partial charge in [0.25, 0.3) is 0 Å². The monoisotopic (exact) mass is 345 g/mol. The van der Waals surface area contributed by atoms with Gasteiger partial charge in [-0.15, -0.1) is 0 Å². The molecule has 25 heavy (non-hydrogen) atoms. The highest BCUT2D eigenvalue weighted by atomic mass is 16.5. The van der Waals surface area contributed by atoms with Gasteiger partial charge in [0.2, 0.25) is 0 Å². The van der Waals surface area contributed by atoms with Crippen molar-refractivity contribution in [2.24, 2.45) is 0 Å². The summed E-state index contributed by atoms with van der Waals surface area (Å²) in [5.74, 6) is 2.26. The SMILES string of the molecule is COc1ccc(CCN[C@H](CO)COc2cccc(C)c2)cc1OC. The molecule has 2 aromatic rings. The summed E-state index contributed by atoms with van der Waals surface area (Å²) in [4.78, 5) is 0. The largest absolute Gasteiger partial charge is 0.493 e. The number of rotatable bonds is 10. The number of aryl methyl sites for hydroxylation is 1. The van der Waals surface area contributed by atoms with Crippen LogP contribution in [-0.2, 0) is 6.42 Å². The quantitative estimate of drug-likeness (QED) is 0.693. The molecule has 0 heterocycles. The maximum Gasteiger partial charge on any atom is 0.160 e. The van der Waals surface area contributed by atoms with E-state index in [1.165, 1.54) is 0 Å². The molecule has 0 amide bonds. The van der Waals surface area contributed by atoms with Crippen molar-refractivity contribution in [1.82, 2.24) is 5.32 Å². The van der Waals surface area contributed by atoms with Gasteiger partial charge in [0.15, 0.2) is 11.5 Å². The van der Waals surface area contributed by atoms with Gasteiger partial charge in [0.05, 0.1) is 26.9 Å². The van der Waals surface area contributed by atoms with Crippen LogP contribution in [0.25, 0.3) is 0 Å². The molecule has 0 aliphatic carbocycles. The highest BCUT2D eigenvalue weighted by Crippen LogP contribution is 2.27. The van der Waals surface area contributed by atoms with Crippen LogP contribution >= 0.6 is 0 Å². The topological polar surface area (TPSA) is 60.0 Å². The Morgan fingerprint density at radius 1 is 1.04 bits per heavy atom. The summed E-state index contributed by atoms with van der Waals surface area (Å²) in [5.41, 5.74) is 2.29. The van der Waals surface area contributed by atoms with Crippen LogP contribution in [0.15, 0.2) is 42.5 Å². The zero-order chi connectivity index (χ0) is 18.1. The molecule has 5 nitrogen and oxygen atoms in total. The molecule has 0 radical (unpaired) electrons. The fraction of sp³-hybridized carbons (Fsp3) is 0.400. The second kappa shape index (κ2) is 9.91. The lowest BCUT2D eigenvalue weighted by molar-refractivity contribution is 0.183. The van der Waals surface area contributed by atoms with Crippen LogP contribution < -0.4 is 19.5 Å². The first-order valence-electron chi connectivity index (χ1n) is 8.41. The van der Waals surface area contributed by atoms with Crippen molar-refractivity contribution in [3.05, 3.63) is 53.6 Å². The average molecular weight is 345 g/mol. The van der Waals surface area contributed by atoms with Crippen LogP contribution in [0.2, 0.25) is 0 Å². The normalized spacial score (nSPS) is 11.8. The van der Waals surface area contributed by atoms with Crippen LogP contribution in [0.3, 0.4) is 0 Å². The summed E-state index contributed by atoms with van der Waals surface area (Å²) in [5, 5.41) is 12.8. The van der Waals surface area contributed by atoms with E-state index >= 15 is 0 Å². The molecule has 0 aliphatic rings. The molecule has 0 spiro atoms. The van der Waals surface area contributed by atoms with Gasteiger partial charge < -0.3 is 24.6 Å². The molecule has 2 rings (SSSR count). The molecule has 0 aromatic heterocycles. The van der Waals surface area contributed by atoms with Crippen molar-refractivity contribution < 1.29 is 19.3 Å². The average Bonchev–Trinajstić information content (AvgIpc) is 2.64. The zero-order valence-corrected chi connectivity index (χ0v) is 15.1. The van der Waals surface area contributed by atoms with E-state index in [0.717, 1.165) is 41.3 Å². The number of benzene rings is 2. The maximum absolute atomic E-state index is 9.53. The van der Waals surface area contributed by atoms with Crippen LogP contribution in [0.4, 0.5) is 0 Å². The van der Waals surface area contributed by atoms with Crippen molar-refractivity contribution in [3.63, 3.8) is 0 Å². The third-order valence-corrected chi connectivity index (χ3v) is 3.96. The number of hydrogen-bond donors (Lipinski definition) is 2. The Morgan fingerprint density at radius 2 is 1.84 bits per heavy atom. The molecule has 1 atom stereocenters. The third-order valence-electron chi connectivity index (χ3n) is 3.96. The Hall–Kier alpha value is -2.24. The predicted octanol–water partition coefficient (Wildman–Crippen LogP) is 2.58. The fourth-order valence-electron chi connectivity index (χ4n) is 2.53. The van der Waals surface area contributed by atoms with Gasteiger partial charge in [-0.25, -0.2) is 0 Å². The van der Waals surface area contributed by atoms with E-state index in [1.54, 1.807) is 14.2 Å². The van der Waals surface area contributed by atoms with Crippen LogP contribution in [0.5, 0.6) is 17.2 Å². The predicted molar refractivity (Wildman–Crippen MR) is 98.8 cm³/mol. The first-order valence-corrected chi connectivity index (χ1v) is 8.41. The summed E-state index contributed by atoms with van der Waals surface area (Å²) in [6.45, 7) is 3.21. The number of nitrogens with one attached hydrogen (secondary N) is 1. The van der Waals surface area contributed by atoms with Crippen molar-refractivity contribution in [2.45, 2.75) is 19.4 Å². The van der Waals surface area contributed by atoms with Crippen molar-refractivity contribution in [3.8, 4) is 17.2 Å². The Labute approximate surface area is 149 Å². The summed E-state index contributed by atoms with van der Waals surface area (Å²) < 4.78 is 16.3. The van der Waals surface area contributed by atoms with Gasteiger partial charge in [-0.05, 0) is 55.3 Å². The molecule has 0 saturated heterocycles. The first-order chi connectivity index (χ1) is 12.2. The van der Waals surface area contributed by atoms with Crippen molar-refractivity contribution in [1.29, 1.82) is 0 Å². The van der Waals surface area contributed by atoms with Crippen LogP contribution in [0, 0.1) is 6.92 Å². The molecule has 0 aliphatic heterocycles. The number of aliphatic hydroxyl groups excluding tert-OH is 1. The maximum atomic E-state index is 9.53. The minimum atomic E-state index is -0.111. The van der Waals surface area contributed by atoms with E-state index in [0.29, 0.717) is 6.61 Å². The Bertz CT molecular complexity index is 660. The van der Waals surface area contributed by atoms with E-state index < -0.39 is 0 Å². The van der Waals surface area contributed by atoms with Gasteiger partial charge in [0, 0.05) is 0 Å². The smallest absolute Gasteiger partial charge is 0.160 e. The van der Waals surface area contributed by atoms with E-state index in [9.17, 15) is 5.11 Å². The summed E-state index contributed by atoms with van der Waals surface area (Å²) in [7, 11) is 3.25. The van der Waals surface area contributed by atoms with Gasteiger partial charge in [-0.1, -0.05) is 18.2 Å². The molecule has 2 aromatic carbocycles. The molecular weight excluding hydrogens is 318 g/mol. The molecule has 5 heteroatoms. The minimum absolute atomic E-state index is 0.0255. The lowest BCUT2D eigenvalue weighted by Crippen LogP contribution is -2.38. The Kier molecular flexibility index (Phi) is 7.57. The number of aliphatic hydroxyl groups is 1. The van der Waals surface area contributed by atoms with Crippen molar-refractivity contribution in [2.75, 3.05) is 34.0 Å². The van der Waals surface area contributed by atoms with Gasteiger partial charge in [-0.3, -0.25) is 0 Å². The zero-order valence-electron chi connectivity index (χ0n) is 15.1. The molecule has 136 valence electrons. The molecule has 0 saturated carbocycles. The summed E-state index contributed by atoms with van der Waals surface area (Å²) >= 11 is 0. The second-order valence-electron chi connectivity index (χ2n) is 5.90. The standard InChI is InChI=1S/C20H27NO4/c1-15-5-4-6-18(11-15)25-14-17(13-22)21-10-9-16-7-8-19(23-2)20(12-16)24-3/h4-8,11-12,17,21-22H,9-10,13-14H2,1-3H3/t17-/m1/s1. The number of methoxy groups -OCH3 is 2. The Balaban J connectivity index is 1.80. The van der Waals surface area contributed by atoms with Gasteiger partial charge >= 0.3 is 0 Å². The third kappa shape index (κ3) is 5.96. The number of hydrogen-bond acceptors (Lipinski definition) is 5. The van der Waals surface area contributed by atoms with Gasteiger partial charge in [0.1, 0.15) is 12.4 Å². The molecule has 2 N–H and O–H groups in total. The highest BCUT2D eigenvalue weighted by Gasteiger charge is 2.09. The minimum Gasteiger partial charge on any atom is -0.493 e. The van der Waals surface area contributed by atoms with E-state index in [2.05, 4.69) is 5.32 Å². The Morgan fingerprint density at radius 3 is 2.52 bits per heavy atom. The molecular formula is C20H27NO4. The molecule has 0 unspecified atom stereocenters. The molecule has 0 bridgehead atoms. The number of ether oxygens (including phenoxy) is 3. The highest BCUT2D eigenvalue weighted by molar-refractivity contribution is 5.42. The lowest BCUT2D eigenvalue weighted by atomic mass is 10.1. The molecule has 0 fully saturated rings. The van der Waals surface area contributed by atoms with Crippen LogP contribution in [-0.4, -0.2) is 45.1 Å². The summed E-state index contributed by atoms with van der Waals surface area (Å²) in [6, 6.07) is 13.7. The van der Waals surface area contributed by atoms with E-state index in [1.807, 2.05) is 49.4 Å². The lowest BCUT2D eigenvalue weighted by Gasteiger charge is -2.17. The summed E-state index contributed by atoms with van der Waals surface area (Å²) in [6.07, 6.45) is 0.821. The first kappa shape index (κ1) is 19.1. The van der Waals surface area contributed by atoms with E-state index in [4.69, 9.17) is 14.2 Å². The van der Waals surface area contributed by atoms with E-state index in [-0.39, 0.29) is 12.6 Å². The second-order valence-corrected chi connectivity index (χ2v) is 5.90. The fourth-order valence-corrected chi connectivity index (χ4v) is 2.53. The van der Waals surface area contributed by atoms with Crippen LogP contribution in [0.1, 0.15) is 11.1 Å². The van der Waals surface area contributed by atoms with Gasteiger partial charge in [-0.2, -0.15) is 0 Å². The van der Waals surface area contributed by atoms with Crippen molar-refractivity contribution >= 4 is 0 Å².